The number of aromatic nitrogens is 3. The average molecular weight is 424 g/mol. The summed E-state index contributed by atoms with van der Waals surface area (Å²) < 4.78 is 1.31. The van der Waals surface area contributed by atoms with Crippen molar-refractivity contribution in [1.29, 1.82) is 0 Å². The third-order valence-corrected chi connectivity index (χ3v) is 6.83. The molecule has 0 radical (unpaired) electrons. The van der Waals surface area contributed by atoms with Gasteiger partial charge in [-0.05, 0) is 56.3 Å². The van der Waals surface area contributed by atoms with Crippen LogP contribution in [0.5, 0.6) is 0 Å². The molecule has 6 rings (SSSR count). The number of imide groups is 1. The van der Waals surface area contributed by atoms with Crippen LogP contribution in [0.25, 0.3) is 11.4 Å². The van der Waals surface area contributed by atoms with Crippen molar-refractivity contribution in [3.05, 3.63) is 40.7 Å². The molecule has 0 spiro atoms. The maximum Gasteiger partial charge on any atom is 0.321 e. The molecule has 1 aromatic heterocycles. The zero-order valence-corrected chi connectivity index (χ0v) is 17.0. The smallest absolute Gasteiger partial charge is 0.321 e. The Kier molecular flexibility index (Phi) is 4.71. The van der Waals surface area contributed by atoms with E-state index in [4.69, 9.17) is 0 Å². The van der Waals surface area contributed by atoms with Crippen molar-refractivity contribution in [2.24, 2.45) is 17.8 Å². The Hall–Kier alpha value is -3.30. The van der Waals surface area contributed by atoms with Crippen LogP contribution in [0.1, 0.15) is 38.5 Å². The second kappa shape index (κ2) is 7.44. The lowest BCUT2D eigenvalue weighted by Gasteiger charge is -2.56. The SMILES string of the molecule is O=C(Cn1cnc(-c2cccc([N+](=O)[O-])c2)n1)NC(=O)NC12CC3CC(CC(C3)C1)C2. The van der Waals surface area contributed by atoms with Crippen molar-refractivity contribution < 1.29 is 14.5 Å². The van der Waals surface area contributed by atoms with Crippen LogP contribution >= 0.6 is 0 Å². The first-order valence-corrected chi connectivity index (χ1v) is 10.6. The molecule has 3 amide bonds. The minimum Gasteiger partial charge on any atom is -0.332 e. The minimum atomic E-state index is -0.490. The molecule has 4 bridgehead atoms. The number of carbonyl (C=O) groups is 2. The first-order chi connectivity index (χ1) is 14.9. The fourth-order valence-corrected chi connectivity index (χ4v) is 6.11. The standard InChI is InChI=1S/C21H24N6O4/c28-18(11-26-12-22-19(25-26)16-2-1-3-17(7-16)27(30)31)23-20(29)24-21-8-13-4-14(9-21)6-15(5-13)10-21/h1-3,7,12-15H,4-6,8-11H2,(H2,23,24,28,29). The number of nitro benzene ring substituents is 1. The Labute approximate surface area is 178 Å². The van der Waals surface area contributed by atoms with Gasteiger partial charge in [0.25, 0.3) is 5.69 Å². The Morgan fingerprint density at radius 3 is 2.48 bits per heavy atom. The normalized spacial score (nSPS) is 28.3. The van der Waals surface area contributed by atoms with Gasteiger partial charge in [-0.15, -0.1) is 0 Å². The molecule has 0 atom stereocenters. The predicted octanol–water partition coefficient (Wildman–Crippen LogP) is 2.65. The Morgan fingerprint density at radius 2 is 1.84 bits per heavy atom. The van der Waals surface area contributed by atoms with E-state index in [-0.39, 0.29) is 23.6 Å². The van der Waals surface area contributed by atoms with Gasteiger partial charge in [-0.1, -0.05) is 12.1 Å². The van der Waals surface area contributed by atoms with Crippen LogP contribution in [-0.2, 0) is 11.3 Å². The number of nitro groups is 1. The van der Waals surface area contributed by atoms with Gasteiger partial charge >= 0.3 is 6.03 Å². The van der Waals surface area contributed by atoms with Crippen molar-refractivity contribution in [2.45, 2.75) is 50.6 Å². The summed E-state index contributed by atoms with van der Waals surface area (Å²) in [5, 5.41) is 20.7. The van der Waals surface area contributed by atoms with Gasteiger partial charge in [0.15, 0.2) is 5.82 Å². The summed E-state index contributed by atoms with van der Waals surface area (Å²) in [6, 6.07) is 5.52. The highest BCUT2D eigenvalue weighted by Crippen LogP contribution is 2.55. The molecule has 4 aliphatic carbocycles. The summed E-state index contributed by atoms with van der Waals surface area (Å²) in [4.78, 5) is 39.4. The number of hydrogen-bond donors (Lipinski definition) is 2. The third-order valence-electron chi connectivity index (χ3n) is 6.83. The molecule has 1 heterocycles. The van der Waals surface area contributed by atoms with Gasteiger partial charge in [0.05, 0.1) is 4.92 Å². The number of hydrogen-bond acceptors (Lipinski definition) is 6. The topological polar surface area (TPSA) is 132 Å². The van der Waals surface area contributed by atoms with Gasteiger partial charge in [0, 0.05) is 23.2 Å². The molecule has 4 fully saturated rings. The maximum absolute atomic E-state index is 12.5. The number of carbonyl (C=O) groups excluding carboxylic acids is 2. The van der Waals surface area contributed by atoms with Gasteiger partial charge in [-0.3, -0.25) is 20.2 Å². The van der Waals surface area contributed by atoms with Crippen LogP contribution in [-0.4, -0.2) is 37.2 Å². The van der Waals surface area contributed by atoms with Crippen LogP contribution in [0.4, 0.5) is 10.5 Å². The van der Waals surface area contributed by atoms with Crippen LogP contribution in [0.2, 0.25) is 0 Å². The highest BCUT2D eigenvalue weighted by atomic mass is 16.6. The summed E-state index contributed by atoms with van der Waals surface area (Å²) in [6.45, 7) is -0.170. The summed E-state index contributed by atoms with van der Waals surface area (Å²) >= 11 is 0. The van der Waals surface area contributed by atoms with E-state index in [2.05, 4.69) is 20.7 Å². The number of urea groups is 1. The van der Waals surface area contributed by atoms with E-state index in [1.165, 1.54) is 42.4 Å². The van der Waals surface area contributed by atoms with Crippen molar-refractivity contribution in [1.82, 2.24) is 25.4 Å². The number of nitrogens with one attached hydrogen (secondary N) is 2. The second-order valence-electron chi connectivity index (χ2n) is 9.27. The number of amides is 3. The van der Waals surface area contributed by atoms with Crippen LogP contribution < -0.4 is 10.6 Å². The molecule has 10 heteroatoms. The van der Waals surface area contributed by atoms with E-state index in [0.717, 1.165) is 19.3 Å². The summed E-state index contributed by atoms with van der Waals surface area (Å²) in [5.41, 5.74) is 0.252. The maximum atomic E-state index is 12.5. The molecule has 2 aromatic rings. The van der Waals surface area contributed by atoms with Gasteiger partial charge in [-0.2, -0.15) is 5.10 Å². The molecule has 4 saturated carbocycles. The molecule has 31 heavy (non-hydrogen) atoms. The monoisotopic (exact) mass is 424 g/mol. The number of benzene rings is 1. The average Bonchev–Trinajstić information content (AvgIpc) is 3.14. The second-order valence-corrected chi connectivity index (χ2v) is 9.27. The van der Waals surface area contributed by atoms with Crippen LogP contribution in [0.15, 0.2) is 30.6 Å². The van der Waals surface area contributed by atoms with Gasteiger partial charge in [0.1, 0.15) is 12.9 Å². The highest BCUT2D eigenvalue weighted by molar-refractivity contribution is 5.94. The number of nitrogens with zero attached hydrogens (tertiary/aromatic N) is 4. The summed E-state index contributed by atoms with van der Waals surface area (Å²) in [7, 11) is 0. The Balaban J connectivity index is 1.18. The van der Waals surface area contributed by atoms with Crippen molar-refractivity contribution in [2.75, 3.05) is 0 Å². The largest absolute Gasteiger partial charge is 0.332 e. The van der Waals surface area contributed by atoms with Gasteiger partial charge < -0.3 is 5.32 Å². The Morgan fingerprint density at radius 1 is 1.16 bits per heavy atom. The fourth-order valence-electron chi connectivity index (χ4n) is 6.11. The van der Waals surface area contributed by atoms with Crippen molar-refractivity contribution in [3.8, 4) is 11.4 Å². The van der Waals surface area contributed by atoms with E-state index in [0.29, 0.717) is 23.3 Å². The molecule has 2 N–H and O–H groups in total. The minimum absolute atomic E-state index is 0.0621. The first-order valence-electron chi connectivity index (χ1n) is 10.6. The third kappa shape index (κ3) is 4.01. The predicted molar refractivity (Wildman–Crippen MR) is 110 cm³/mol. The molecular weight excluding hydrogens is 400 g/mol. The molecule has 1 aromatic carbocycles. The summed E-state index contributed by atoms with van der Waals surface area (Å²) in [5.74, 6) is 1.88. The fraction of sp³-hybridized carbons (Fsp3) is 0.524. The van der Waals surface area contributed by atoms with E-state index >= 15 is 0 Å². The molecule has 10 nitrogen and oxygen atoms in total. The van der Waals surface area contributed by atoms with Crippen molar-refractivity contribution >= 4 is 17.6 Å². The molecule has 4 aliphatic rings. The van der Waals surface area contributed by atoms with E-state index in [1.54, 1.807) is 12.1 Å². The van der Waals surface area contributed by atoms with E-state index in [9.17, 15) is 19.7 Å². The van der Waals surface area contributed by atoms with Crippen LogP contribution in [0, 0.1) is 27.9 Å². The Bertz CT molecular complexity index is 1010. The van der Waals surface area contributed by atoms with Crippen molar-refractivity contribution in [3.63, 3.8) is 0 Å². The zero-order valence-electron chi connectivity index (χ0n) is 17.0. The molecule has 0 aliphatic heterocycles. The van der Waals surface area contributed by atoms with E-state index in [1.807, 2.05) is 0 Å². The lowest BCUT2D eigenvalue weighted by molar-refractivity contribution is -0.384. The van der Waals surface area contributed by atoms with Gasteiger partial charge in [-0.25, -0.2) is 14.5 Å². The first kappa shape index (κ1) is 19.7. The molecule has 0 saturated heterocycles. The highest BCUT2D eigenvalue weighted by Gasteiger charge is 2.51. The number of rotatable bonds is 5. The zero-order chi connectivity index (χ0) is 21.6. The van der Waals surface area contributed by atoms with E-state index < -0.39 is 16.9 Å². The molecule has 0 unspecified atom stereocenters. The number of non-ortho nitro benzene ring substituents is 1. The molecular formula is C21H24N6O4. The lowest BCUT2D eigenvalue weighted by atomic mass is 9.53. The van der Waals surface area contributed by atoms with Gasteiger partial charge in [0.2, 0.25) is 5.91 Å². The lowest BCUT2D eigenvalue weighted by Crippen LogP contribution is -2.62. The molecule has 162 valence electrons. The van der Waals surface area contributed by atoms with Crippen LogP contribution in [0.3, 0.4) is 0 Å². The summed E-state index contributed by atoms with van der Waals surface area (Å²) in [6.07, 6.45) is 8.23. The quantitative estimate of drug-likeness (QED) is 0.560.